The minimum atomic E-state index is -2.39. The van der Waals surface area contributed by atoms with Gasteiger partial charge in [0.25, 0.3) is 0 Å². The fourth-order valence-electron chi connectivity index (χ4n) is 5.97. The molecule has 0 unspecified atom stereocenters. The molecule has 212 valence electrons. The first-order valence-corrected chi connectivity index (χ1v) is 15.9. The highest BCUT2D eigenvalue weighted by molar-refractivity contribution is 8.24. The number of ether oxygens (including phenoxy) is 2. The summed E-state index contributed by atoms with van der Waals surface area (Å²) in [6.45, 7) is 0.668. The van der Waals surface area contributed by atoms with Gasteiger partial charge in [-0.15, -0.1) is 0 Å². The van der Waals surface area contributed by atoms with Crippen molar-refractivity contribution in [2.24, 2.45) is 11.8 Å². The van der Waals surface area contributed by atoms with Gasteiger partial charge in [-0.25, -0.2) is 4.39 Å². The van der Waals surface area contributed by atoms with Crippen LogP contribution in [0.2, 0.25) is 0 Å². The average molecular weight is 567 g/mol. The third-order valence-electron chi connectivity index (χ3n) is 8.53. The lowest BCUT2D eigenvalue weighted by molar-refractivity contribution is -0.138. The standard InChI is InChI=1S/C32H35FO6S/c33-31-16-23-3-1-2-22-14-26(38-18-20-10-12-40(36,37)13-11-20)8-9-27(22)28(23)15-24(31)19-39-25-6-4-21(5-7-25)29-17-30(29)32(34)35/h4-9,14-16,20,29-30,36-37H,1-3,10-13,17-19H2,(H,34,35)/t29-,30+/m1/s1. The molecule has 1 saturated carbocycles. The Balaban J connectivity index is 1.13. The zero-order valence-electron chi connectivity index (χ0n) is 22.4. The molecule has 0 radical (unpaired) electrons. The van der Waals surface area contributed by atoms with E-state index in [1.54, 1.807) is 6.07 Å². The molecule has 2 fully saturated rings. The van der Waals surface area contributed by atoms with Crippen LogP contribution >= 0.6 is 10.6 Å². The first-order chi connectivity index (χ1) is 19.3. The fourth-order valence-corrected chi connectivity index (χ4v) is 7.60. The predicted octanol–water partition coefficient (Wildman–Crippen LogP) is 7.29. The number of aliphatic carboxylic acids is 1. The topological polar surface area (TPSA) is 96.2 Å². The first-order valence-electron chi connectivity index (χ1n) is 14.0. The van der Waals surface area contributed by atoms with Crippen LogP contribution in [-0.4, -0.2) is 38.3 Å². The van der Waals surface area contributed by atoms with Crippen molar-refractivity contribution in [1.29, 1.82) is 0 Å². The van der Waals surface area contributed by atoms with E-state index in [0.29, 0.717) is 41.8 Å². The highest BCUT2D eigenvalue weighted by Crippen LogP contribution is 2.48. The Bertz CT molecular complexity index is 1400. The molecule has 1 saturated heterocycles. The number of carboxylic acids is 1. The van der Waals surface area contributed by atoms with Crippen molar-refractivity contribution in [3.63, 3.8) is 0 Å². The van der Waals surface area contributed by atoms with E-state index < -0.39 is 16.6 Å². The Labute approximate surface area is 235 Å². The van der Waals surface area contributed by atoms with Gasteiger partial charge in [-0.2, -0.15) is 10.6 Å². The zero-order chi connectivity index (χ0) is 27.9. The summed E-state index contributed by atoms with van der Waals surface area (Å²) in [5.41, 5.74) is 5.79. The third-order valence-corrected chi connectivity index (χ3v) is 10.3. The molecule has 6 rings (SSSR count). The second-order valence-corrected chi connectivity index (χ2v) is 13.8. The van der Waals surface area contributed by atoms with Crippen molar-refractivity contribution in [2.75, 3.05) is 18.1 Å². The zero-order valence-corrected chi connectivity index (χ0v) is 23.2. The molecule has 2 atom stereocenters. The highest BCUT2D eigenvalue weighted by atomic mass is 32.3. The second-order valence-electron chi connectivity index (χ2n) is 11.4. The molecule has 3 aliphatic rings. The van der Waals surface area contributed by atoms with Gasteiger partial charge in [0.1, 0.15) is 23.9 Å². The van der Waals surface area contributed by atoms with Crippen molar-refractivity contribution in [2.45, 2.75) is 51.0 Å². The third kappa shape index (κ3) is 5.99. The van der Waals surface area contributed by atoms with E-state index in [4.69, 9.17) is 14.6 Å². The maximum Gasteiger partial charge on any atom is 0.307 e. The summed E-state index contributed by atoms with van der Waals surface area (Å²) < 4.78 is 46.8. The summed E-state index contributed by atoms with van der Waals surface area (Å²) in [5, 5.41) is 9.16. The van der Waals surface area contributed by atoms with Gasteiger partial charge in [-0.05, 0) is 115 Å². The molecule has 0 amide bonds. The average Bonchev–Trinajstić information content (AvgIpc) is 3.76. The number of carboxylic acid groups (broad SMARTS) is 1. The lowest BCUT2D eigenvalue weighted by atomic mass is 9.94. The lowest BCUT2D eigenvalue weighted by Gasteiger charge is -2.39. The Morgan fingerprint density at radius 1 is 0.900 bits per heavy atom. The van der Waals surface area contributed by atoms with Gasteiger partial charge in [0.05, 0.1) is 12.5 Å². The Morgan fingerprint density at radius 3 is 2.30 bits per heavy atom. The molecule has 1 aliphatic heterocycles. The van der Waals surface area contributed by atoms with E-state index >= 15 is 4.39 Å². The number of halogens is 1. The number of benzene rings is 3. The smallest absolute Gasteiger partial charge is 0.307 e. The van der Waals surface area contributed by atoms with Crippen LogP contribution in [0.4, 0.5) is 4.39 Å². The van der Waals surface area contributed by atoms with E-state index in [1.807, 2.05) is 36.4 Å². The summed E-state index contributed by atoms with van der Waals surface area (Å²) in [7, 11) is -2.39. The quantitative estimate of drug-likeness (QED) is 0.265. The fraction of sp³-hybridized carbons (Fsp3) is 0.406. The molecule has 0 spiro atoms. The summed E-state index contributed by atoms with van der Waals surface area (Å²) >= 11 is 0. The molecule has 0 bridgehead atoms. The number of rotatable bonds is 8. The Morgan fingerprint density at radius 2 is 1.60 bits per heavy atom. The molecule has 3 aromatic carbocycles. The molecule has 3 aromatic rings. The first kappa shape index (κ1) is 27.1. The molecular formula is C32H35FO6S. The SMILES string of the molecule is O=C(O)[C@H]1C[C@@H]1c1ccc(OCc2cc3c(cc2F)CCCc2cc(OCC4CCS(O)(O)CC4)ccc2-3)cc1. The normalized spacial score (nSPS) is 22.4. The van der Waals surface area contributed by atoms with Gasteiger partial charge in [-0.3, -0.25) is 13.9 Å². The van der Waals surface area contributed by atoms with Crippen molar-refractivity contribution >= 4 is 16.6 Å². The predicted molar refractivity (Wildman–Crippen MR) is 154 cm³/mol. The number of hydrogen-bond donors (Lipinski definition) is 3. The van der Waals surface area contributed by atoms with Gasteiger partial charge in [0.2, 0.25) is 0 Å². The summed E-state index contributed by atoms with van der Waals surface area (Å²) in [4.78, 5) is 11.1. The van der Waals surface area contributed by atoms with Crippen LogP contribution in [0.25, 0.3) is 11.1 Å². The van der Waals surface area contributed by atoms with Crippen LogP contribution in [0, 0.1) is 17.7 Å². The summed E-state index contributed by atoms with van der Waals surface area (Å²) in [6.07, 6.45) is 4.82. The number of fused-ring (bicyclic) bond motifs is 3. The van der Waals surface area contributed by atoms with E-state index in [-0.39, 0.29) is 24.3 Å². The van der Waals surface area contributed by atoms with Gasteiger partial charge < -0.3 is 14.6 Å². The molecule has 8 heteroatoms. The minimum Gasteiger partial charge on any atom is -0.493 e. The number of aryl methyl sites for hydroxylation is 2. The van der Waals surface area contributed by atoms with Crippen molar-refractivity contribution in [3.05, 3.63) is 82.7 Å². The maximum absolute atomic E-state index is 15.1. The largest absolute Gasteiger partial charge is 0.493 e. The van der Waals surface area contributed by atoms with Crippen LogP contribution in [0.5, 0.6) is 11.5 Å². The van der Waals surface area contributed by atoms with Gasteiger partial charge in [-0.1, -0.05) is 18.2 Å². The van der Waals surface area contributed by atoms with Gasteiger partial charge >= 0.3 is 5.97 Å². The Kier molecular flexibility index (Phi) is 7.50. The summed E-state index contributed by atoms with van der Waals surface area (Å²) in [6, 6.07) is 17.1. The number of carbonyl (C=O) groups is 1. The van der Waals surface area contributed by atoms with Crippen LogP contribution in [-0.2, 0) is 24.2 Å². The second kappa shape index (κ2) is 11.1. The highest BCUT2D eigenvalue weighted by Gasteiger charge is 2.44. The molecule has 1 heterocycles. The molecular weight excluding hydrogens is 531 g/mol. The van der Waals surface area contributed by atoms with E-state index in [2.05, 4.69) is 12.1 Å². The molecule has 0 aromatic heterocycles. The molecule has 2 aliphatic carbocycles. The monoisotopic (exact) mass is 566 g/mol. The molecule has 6 nitrogen and oxygen atoms in total. The van der Waals surface area contributed by atoms with Crippen LogP contribution in [0.1, 0.15) is 53.9 Å². The number of hydrogen-bond acceptors (Lipinski definition) is 5. The van der Waals surface area contributed by atoms with Crippen LogP contribution < -0.4 is 9.47 Å². The van der Waals surface area contributed by atoms with Gasteiger partial charge in [0.15, 0.2) is 0 Å². The summed E-state index contributed by atoms with van der Waals surface area (Å²) in [5.74, 6) is 1.43. The van der Waals surface area contributed by atoms with E-state index in [0.717, 1.165) is 60.1 Å². The lowest BCUT2D eigenvalue weighted by Crippen LogP contribution is -2.24. The molecule has 3 N–H and O–H groups in total. The van der Waals surface area contributed by atoms with Crippen LogP contribution in [0.15, 0.2) is 54.6 Å². The van der Waals surface area contributed by atoms with E-state index in [9.17, 15) is 13.9 Å². The van der Waals surface area contributed by atoms with Crippen LogP contribution in [0.3, 0.4) is 0 Å². The molecule has 40 heavy (non-hydrogen) atoms. The minimum absolute atomic E-state index is 0.0653. The maximum atomic E-state index is 15.1. The Hall–Kier alpha value is -3.07. The van der Waals surface area contributed by atoms with Crippen molar-refractivity contribution in [3.8, 4) is 22.6 Å². The van der Waals surface area contributed by atoms with Gasteiger partial charge in [0, 0.05) is 17.1 Å². The van der Waals surface area contributed by atoms with E-state index in [1.165, 1.54) is 5.56 Å². The van der Waals surface area contributed by atoms with Crippen molar-refractivity contribution < 1.29 is 32.9 Å². The van der Waals surface area contributed by atoms with Crippen molar-refractivity contribution in [1.82, 2.24) is 0 Å².